The minimum atomic E-state index is -0.325. The molecule has 0 aliphatic carbocycles. The van der Waals surface area contributed by atoms with E-state index in [1.165, 1.54) is 0 Å². The number of aromatic nitrogens is 1. The van der Waals surface area contributed by atoms with Crippen LogP contribution in [0.25, 0.3) is 21.9 Å². The number of rotatable bonds is 3. The van der Waals surface area contributed by atoms with Crippen LogP contribution in [0.1, 0.15) is 38.3 Å². The molecule has 5 heterocycles. The summed E-state index contributed by atoms with van der Waals surface area (Å²) < 4.78 is 12.1. The van der Waals surface area contributed by atoms with Crippen LogP contribution in [0.15, 0.2) is 54.9 Å². The molecule has 4 aliphatic heterocycles. The summed E-state index contributed by atoms with van der Waals surface area (Å²) in [6, 6.07) is 14.4. The van der Waals surface area contributed by atoms with Gasteiger partial charge in [0.25, 0.3) is 0 Å². The third-order valence-corrected chi connectivity index (χ3v) is 7.82. The number of pyridine rings is 1. The maximum atomic E-state index is 13.0. The van der Waals surface area contributed by atoms with Crippen LogP contribution in [0.5, 0.6) is 5.75 Å². The van der Waals surface area contributed by atoms with Crippen LogP contribution >= 0.6 is 0 Å². The highest BCUT2D eigenvalue weighted by molar-refractivity contribution is 5.96. The quantitative estimate of drug-likeness (QED) is 0.587. The second-order valence-electron chi connectivity index (χ2n) is 10.6. The van der Waals surface area contributed by atoms with Gasteiger partial charge in [0.1, 0.15) is 11.9 Å². The zero-order valence-electron chi connectivity index (χ0n) is 19.8. The van der Waals surface area contributed by atoms with Crippen LogP contribution in [0, 0.1) is 11.3 Å². The predicted octanol–water partition coefficient (Wildman–Crippen LogP) is 5.18. The Hall–Kier alpha value is -3.12. The first kappa shape index (κ1) is 21.4. The highest BCUT2D eigenvalue weighted by atomic mass is 16.6. The summed E-state index contributed by atoms with van der Waals surface area (Å²) >= 11 is 0. The summed E-state index contributed by atoms with van der Waals surface area (Å²) in [7, 11) is 0. The zero-order chi connectivity index (χ0) is 23.3. The van der Waals surface area contributed by atoms with Gasteiger partial charge in [-0.05, 0) is 60.5 Å². The Morgan fingerprint density at radius 1 is 1.18 bits per heavy atom. The molecule has 2 atom stereocenters. The van der Waals surface area contributed by atoms with Gasteiger partial charge in [-0.3, -0.25) is 9.88 Å². The Bertz CT molecular complexity index is 1230. The van der Waals surface area contributed by atoms with Crippen molar-refractivity contribution >= 4 is 16.9 Å². The van der Waals surface area contributed by atoms with Crippen LogP contribution in [-0.4, -0.2) is 48.3 Å². The Morgan fingerprint density at radius 3 is 2.82 bits per heavy atom. The van der Waals surface area contributed by atoms with Crippen LogP contribution < -0.4 is 10.1 Å². The van der Waals surface area contributed by atoms with Gasteiger partial charge in [0, 0.05) is 35.3 Å². The van der Waals surface area contributed by atoms with E-state index in [-0.39, 0.29) is 23.7 Å². The Labute approximate surface area is 200 Å². The molecule has 3 aromatic rings. The van der Waals surface area contributed by atoms with Crippen LogP contribution in [0.2, 0.25) is 0 Å². The van der Waals surface area contributed by atoms with E-state index in [1.54, 1.807) is 0 Å². The summed E-state index contributed by atoms with van der Waals surface area (Å²) in [6.45, 7) is 7.88. The lowest BCUT2D eigenvalue weighted by molar-refractivity contribution is -0.0361. The van der Waals surface area contributed by atoms with E-state index in [1.807, 2.05) is 18.5 Å². The average Bonchev–Trinajstić information content (AvgIpc) is 2.86. The lowest BCUT2D eigenvalue weighted by Crippen LogP contribution is -2.53. The first-order valence-electron chi connectivity index (χ1n) is 12.3. The van der Waals surface area contributed by atoms with Crippen molar-refractivity contribution in [2.45, 2.75) is 38.8 Å². The van der Waals surface area contributed by atoms with Gasteiger partial charge in [-0.2, -0.15) is 0 Å². The fraction of sp³-hybridized carbons (Fsp3) is 0.429. The van der Waals surface area contributed by atoms with Gasteiger partial charge in [-0.1, -0.05) is 44.2 Å². The summed E-state index contributed by atoms with van der Waals surface area (Å²) in [5.41, 5.74) is 2.93. The van der Waals surface area contributed by atoms with E-state index in [0.29, 0.717) is 12.5 Å². The number of fused-ring (bicyclic) bond motifs is 5. The van der Waals surface area contributed by atoms with Gasteiger partial charge < -0.3 is 14.8 Å². The lowest BCUT2D eigenvalue weighted by Gasteiger charge is -2.44. The predicted molar refractivity (Wildman–Crippen MR) is 132 cm³/mol. The number of hydrogen-bond acceptors (Lipinski definition) is 5. The summed E-state index contributed by atoms with van der Waals surface area (Å²) in [5, 5.41) is 5.45. The molecule has 1 unspecified atom stereocenters. The second kappa shape index (κ2) is 8.27. The maximum Gasteiger partial charge on any atom is 0.407 e. The number of carbonyl (C=O) groups excluding carboxylic acids is 1. The van der Waals surface area contributed by atoms with Gasteiger partial charge >= 0.3 is 6.09 Å². The fourth-order valence-corrected chi connectivity index (χ4v) is 5.81. The fourth-order valence-electron chi connectivity index (χ4n) is 5.81. The minimum Gasteiger partial charge on any atom is -0.493 e. The molecule has 3 fully saturated rings. The van der Waals surface area contributed by atoms with E-state index >= 15 is 0 Å². The molecule has 1 aromatic heterocycles. The number of carbonyl (C=O) groups is 1. The summed E-state index contributed by atoms with van der Waals surface area (Å²) in [5.74, 6) is 1.30. The normalized spacial score (nSPS) is 27.0. The number of amides is 1. The van der Waals surface area contributed by atoms with E-state index in [0.717, 1.165) is 65.7 Å². The summed E-state index contributed by atoms with van der Waals surface area (Å²) in [4.78, 5) is 19.7. The molecule has 2 aromatic carbocycles. The van der Waals surface area contributed by atoms with Crippen LogP contribution in [-0.2, 0) is 4.74 Å². The van der Waals surface area contributed by atoms with Crippen molar-refractivity contribution < 1.29 is 14.3 Å². The average molecular weight is 458 g/mol. The first-order valence-corrected chi connectivity index (χ1v) is 12.3. The SMILES string of the molecule is CC1(C)COc2cc(-c3cccc4ccncc34)ccc2C1NC(=O)O[C@H]1CN2CCC1CC2. The van der Waals surface area contributed by atoms with Crippen molar-refractivity contribution in [1.82, 2.24) is 15.2 Å². The van der Waals surface area contributed by atoms with Crippen LogP contribution in [0.3, 0.4) is 0 Å². The topological polar surface area (TPSA) is 63.7 Å². The number of alkyl carbamates (subject to hydrolysis) is 1. The maximum absolute atomic E-state index is 13.0. The number of ether oxygens (including phenoxy) is 2. The lowest BCUT2D eigenvalue weighted by atomic mass is 9.78. The van der Waals surface area contributed by atoms with Crippen molar-refractivity contribution in [2.24, 2.45) is 11.3 Å². The number of nitrogens with one attached hydrogen (secondary N) is 1. The molecule has 4 aliphatic rings. The highest BCUT2D eigenvalue weighted by Gasteiger charge is 2.41. The molecule has 6 nitrogen and oxygen atoms in total. The molecule has 0 saturated carbocycles. The smallest absolute Gasteiger partial charge is 0.407 e. The van der Waals surface area contributed by atoms with Gasteiger partial charge in [0.15, 0.2) is 0 Å². The van der Waals surface area contributed by atoms with E-state index < -0.39 is 0 Å². The number of benzene rings is 2. The molecule has 34 heavy (non-hydrogen) atoms. The van der Waals surface area contributed by atoms with Crippen LogP contribution in [0.4, 0.5) is 4.79 Å². The molecule has 0 spiro atoms. The Morgan fingerprint density at radius 2 is 2.03 bits per heavy atom. The molecule has 1 amide bonds. The first-order chi connectivity index (χ1) is 16.5. The van der Waals surface area contributed by atoms with Crippen molar-refractivity contribution in [3.8, 4) is 16.9 Å². The monoisotopic (exact) mass is 457 g/mol. The Balaban J connectivity index is 1.26. The standard InChI is InChI=1S/C28H31N3O3/c1-28(2)17-33-24-14-20(21-5-3-4-18-8-11-29-15-23(18)21)6-7-22(24)26(28)30-27(32)34-25-16-31-12-9-19(25)10-13-31/h3-8,11,14-15,19,25-26H,9-10,12-13,16-17H2,1-2H3,(H,30,32)/t25-,26?/m0/s1. The van der Waals surface area contributed by atoms with E-state index in [4.69, 9.17) is 9.47 Å². The molecule has 6 heteroatoms. The zero-order valence-corrected chi connectivity index (χ0v) is 19.8. The van der Waals surface area contributed by atoms with Gasteiger partial charge in [0.05, 0.1) is 12.6 Å². The molecule has 0 radical (unpaired) electrons. The molecule has 3 saturated heterocycles. The van der Waals surface area contributed by atoms with Crippen molar-refractivity contribution in [3.05, 3.63) is 60.4 Å². The van der Waals surface area contributed by atoms with Gasteiger partial charge in [0.2, 0.25) is 0 Å². The van der Waals surface area contributed by atoms with E-state index in [9.17, 15) is 4.79 Å². The third-order valence-electron chi connectivity index (χ3n) is 7.82. The molecule has 2 bridgehead atoms. The molecule has 176 valence electrons. The number of piperidine rings is 3. The second-order valence-corrected chi connectivity index (χ2v) is 10.6. The Kier molecular flexibility index (Phi) is 5.21. The third kappa shape index (κ3) is 3.80. The highest BCUT2D eigenvalue weighted by Crippen LogP contribution is 2.45. The van der Waals surface area contributed by atoms with Crippen molar-refractivity contribution in [3.63, 3.8) is 0 Å². The number of hydrogen-bond donors (Lipinski definition) is 1. The largest absolute Gasteiger partial charge is 0.493 e. The molecule has 7 rings (SSSR count). The summed E-state index contributed by atoms with van der Waals surface area (Å²) in [6.07, 6.45) is 5.63. The van der Waals surface area contributed by atoms with Crippen molar-refractivity contribution in [2.75, 3.05) is 26.2 Å². The molecule has 1 N–H and O–H groups in total. The molecular weight excluding hydrogens is 426 g/mol. The number of nitrogens with zero attached hydrogens (tertiary/aromatic N) is 2. The van der Waals surface area contributed by atoms with E-state index in [2.05, 4.69) is 65.4 Å². The van der Waals surface area contributed by atoms with Crippen molar-refractivity contribution in [1.29, 1.82) is 0 Å². The van der Waals surface area contributed by atoms with Gasteiger partial charge in [-0.25, -0.2) is 4.79 Å². The minimum absolute atomic E-state index is 0.00716. The van der Waals surface area contributed by atoms with Gasteiger partial charge in [-0.15, -0.1) is 0 Å². The molecular formula is C28H31N3O3.